The third-order valence-corrected chi connectivity index (χ3v) is 6.39. The molecule has 0 aromatic heterocycles. The van der Waals surface area contributed by atoms with Crippen molar-refractivity contribution in [1.82, 2.24) is 14.5 Å². The van der Waals surface area contributed by atoms with Crippen LogP contribution >= 0.6 is 0 Å². The van der Waals surface area contributed by atoms with Gasteiger partial charge in [0, 0.05) is 26.2 Å². The number of halogens is 3. The van der Waals surface area contributed by atoms with E-state index in [2.05, 4.69) is 5.32 Å². The molecule has 1 aliphatic rings. The Morgan fingerprint density at radius 2 is 1.74 bits per heavy atom. The molecule has 0 spiro atoms. The maximum Gasteiger partial charge on any atom is 0.401 e. The average molecular weight is 407 g/mol. The Balaban J connectivity index is 1.83. The molecule has 0 aliphatic carbocycles. The third-order valence-electron chi connectivity index (χ3n) is 4.56. The zero-order valence-electron chi connectivity index (χ0n) is 15.3. The number of rotatable bonds is 6. The molecule has 1 N–H and O–H groups in total. The number of hydrogen-bond acceptors (Lipinski definition) is 4. The Morgan fingerprint density at radius 3 is 2.22 bits per heavy atom. The summed E-state index contributed by atoms with van der Waals surface area (Å²) in [6, 6.07) is 5.63. The molecule has 1 aromatic rings. The minimum atomic E-state index is -4.19. The molecule has 1 aliphatic heterocycles. The molecule has 0 saturated carbocycles. The summed E-state index contributed by atoms with van der Waals surface area (Å²) in [5, 5.41) is 2.77. The number of nitrogens with one attached hydrogen (secondary N) is 1. The van der Waals surface area contributed by atoms with Crippen LogP contribution in [0.2, 0.25) is 0 Å². The van der Waals surface area contributed by atoms with Gasteiger partial charge >= 0.3 is 6.18 Å². The van der Waals surface area contributed by atoms with Crippen molar-refractivity contribution < 1.29 is 26.4 Å². The maximum absolute atomic E-state index is 12.4. The number of likely N-dealkylation sites (tertiary alicyclic amines) is 1. The molecule has 27 heavy (non-hydrogen) atoms. The molecule has 0 atom stereocenters. The average Bonchev–Trinajstić information content (AvgIpc) is 2.59. The van der Waals surface area contributed by atoms with Crippen LogP contribution in [0.4, 0.5) is 13.2 Å². The maximum atomic E-state index is 12.4. The largest absolute Gasteiger partial charge is 0.401 e. The van der Waals surface area contributed by atoms with Gasteiger partial charge in [0.2, 0.25) is 10.0 Å². The zero-order chi connectivity index (χ0) is 20.2. The lowest BCUT2D eigenvalue weighted by Gasteiger charge is -2.32. The standard InChI is InChI=1S/C17H24F3N3O3S/c1-22(2)27(25,26)15-5-3-14(4-6-15)16(24)21-11-13-7-9-23(10-8-13)12-17(18,19)20/h3-6,13H,7-12H2,1-2H3,(H,21,24). The summed E-state index contributed by atoms with van der Waals surface area (Å²) in [4.78, 5) is 13.7. The van der Waals surface area contributed by atoms with E-state index in [0.29, 0.717) is 38.0 Å². The molecule has 10 heteroatoms. The number of alkyl halides is 3. The van der Waals surface area contributed by atoms with Gasteiger partial charge in [-0.2, -0.15) is 13.2 Å². The van der Waals surface area contributed by atoms with Crippen molar-refractivity contribution in [3.63, 3.8) is 0 Å². The van der Waals surface area contributed by atoms with E-state index in [1.54, 1.807) is 0 Å². The minimum Gasteiger partial charge on any atom is -0.352 e. The van der Waals surface area contributed by atoms with E-state index >= 15 is 0 Å². The smallest absolute Gasteiger partial charge is 0.352 e. The lowest BCUT2D eigenvalue weighted by atomic mass is 9.96. The van der Waals surface area contributed by atoms with E-state index in [0.717, 1.165) is 4.31 Å². The summed E-state index contributed by atoms with van der Waals surface area (Å²) >= 11 is 0. The van der Waals surface area contributed by atoms with Crippen molar-refractivity contribution in [2.45, 2.75) is 23.9 Å². The van der Waals surface area contributed by atoms with Gasteiger partial charge in [0.25, 0.3) is 5.91 Å². The number of nitrogens with zero attached hydrogens (tertiary/aromatic N) is 2. The van der Waals surface area contributed by atoms with Crippen LogP contribution in [0.1, 0.15) is 23.2 Å². The van der Waals surface area contributed by atoms with Crippen molar-refractivity contribution in [3.05, 3.63) is 29.8 Å². The number of sulfonamides is 1. The quantitative estimate of drug-likeness (QED) is 0.783. The summed E-state index contributed by atoms with van der Waals surface area (Å²) in [6.07, 6.45) is -3.00. The molecule has 0 unspecified atom stereocenters. The third kappa shape index (κ3) is 6.18. The van der Waals surface area contributed by atoms with Gasteiger partial charge in [-0.25, -0.2) is 12.7 Å². The van der Waals surface area contributed by atoms with Gasteiger partial charge in [-0.3, -0.25) is 9.69 Å². The fraction of sp³-hybridized carbons (Fsp3) is 0.588. The lowest BCUT2D eigenvalue weighted by molar-refractivity contribution is -0.148. The molecule has 1 saturated heterocycles. The van der Waals surface area contributed by atoms with E-state index in [1.807, 2.05) is 0 Å². The van der Waals surface area contributed by atoms with Crippen molar-refractivity contribution in [3.8, 4) is 0 Å². The Bertz CT molecular complexity index is 741. The van der Waals surface area contributed by atoms with Crippen molar-refractivity contribution in [1.29, 1.82) is 0 Å². The van der Waals surface area contributed by atoms with Crippen LogP contribution in [-0.4, -0.2) is 70.0 Å². The molecule has 0 radical (unpaired) electrons. The lowest BCUT2D eigenvalue weighted by Crippen LogP contribution is -2.42. The van der Waals surface area contributed by atoms with Gasteiger partial charge in [-0.1, -0.05) is 0 Å². The first-order chi connectivity index (χ1) is 12.5. The monoisotopic (exact) mass is 407 g/mol. The fourth-order valence-electron chi connectivity index (χ4n) is 2.93. The number of amides is 1. The highest BCUT2D eigenvalue weighted by molar-refractivity contribution is 7.89. The predicted molar refractivity (Wildman–Crippen MR) is 94.9 cm³/mol. The Kier molecular flexibility index (Phi) is 6.87. The van der Waals surface area contributed by atoms with Crippen molar-refractivity contribution in [2.75, 3.05) is 40.3 Å². The first-order valence-electron chi connectivity index (χ1n) is 8.59. The van der Waals surface area contributed by atoms with Crippen molar-refractivity contribution >= 4 is 15.9 Å². The molecule has 0 bridgehead atoms. The molecule has 152 valence electrons. The molecule has 2 rings (SSSR count). The van der Waals surface area contributed by atoms with E-state index < -0.39 is 22.7 Å². The Hall–Kier alpha value is -1.65. The summed E-state index contributed by atoms with van der Waals surface area (Å²) in [6.45, 7) is 0.207. The summed E-state index contributed by atoms with van der Waals surface area (Å²) in [5.41, 5.74) is 0.335. The molecule has 1 aromatic carbocycles. The number of carbonyl (C=O) groups is 1. The molecule has 1 fully saturated rings. The second-order valence-electron chi connectivity index (χ2n) is 6.86. The number of carbonyl (C=O) groups excluding carboxylic acids is 1. The topological polar surface area (TPSA) is 69.7 Å². The second-order valence-corrected chi connectivity index (χ2v) is 9.01. The van der Waals surface area contributed by atoms with E-state index in [-0.39, 0.29) is 16.7 Å². The van der Waals surface area contributed by atoms with Crippen LogP contribution in [-0.2, 0) is 10.0 Å². The van der Waals surface area contributed by atoms with Gasteiger partial charge in [0.1, 0.15) is 0 Å². The van der Waals surface area contributed by atoms with Gasteiger partial charge < -0.3 is 5.32 Å². The minimum absolute atomic E-state index is 0.0982. The highest BCUT2D eigenvalue weighted by Crippen LogP contribution is 2.22. The molecule has 6 nitrogen and oxygen atoms in total. The normalized spacial score (nSPS) is 17.3. The number of benzene rings is 1. The number of hydrogen-bond donors (Lipinski definition) is 1. The highest BCUT2D eigenvalue weighted by atomic mass is 32.2. The molecular formula is C17H24F3N3O3S. The van der Waals surface area contributed by atoms with Crippen LogP contribution in [0.25, 0.3) is 0 Å². The summed E-state index contributed by atoms with van der Waals surface area (Å²) < 4.78 is 62.3. The first kappa shape index (κ1) is 21.6. The Labute approximate surface area is 157 Å². The molecule has 1 amide bonds. The van der Waals surface area contributed by atoms with Gasteiger partial charge in [-0.15, -0.1) is 0 Å². The fourth-order valence-corrected chi connectivity index (χ4v) is 3.83. The van der Waals surface area contributed by atoms with Crippen LogP contribution in [0.3, 0.4) is 0 Å². The summed E-state index contributed by atoms with van der Waals surface area (Å²) in [5.74, 6) is -0.201. The van der Waals surface area contributed by atoms with Gasteiger partial charge in [0.15, 0.2) is 0 Å². The van der Waals surface area contributed by atoms with Crippen LogP contribution in [0.5, 0.6) is 0 Å². The first-order valence-corrected chi connectivity index (χ1v) is 10.0. The number of piperidine rings is 1. The molecule has 1 heterocycles. The second kappa shape index (κ2) is 8.57. The van der Waals surface area contributed by atoms with Crippen LogP contribution in [0.15, 0.2) is 29.2 Å². The van der Waals surface area contributed by atoms with E-state index in [9.17, 15) is 26.4 Å². The predicted octanol–water partition coefficient (Wildman–Crippen LogP) is 1.94. The zero-order valence-corrected chi connectivity index (χ0v) is 16.1. The highest BCUT2D eigenvalue weighted by Gasteiger charge is 2.32. The van der Waals surface area contributed by atoms with E-state index in [1.165, 1.54) is 43.3 Å². The van der Waals surface area contributed by atoms with Crippen LogP contribution in [0, 0.1) is 5.92 Å². The van der Waals surface area contributed by atoms with E-state index in [4.69, 9.17) is 0 Å². The Morgan fingerprint density at radius 1 is 1.19 bits per heavy atom. The van der Waals surface area contributed by atoms with Gasteiger partial charge in [-0.05, 0) is 56.1 Å². The SMILES string of the molecule is CN(C)S(=O)(=O)c1ccc(C(=O)NCC2CCN(CC(F)(F)F)CC2)cc1. The summed E-state index contributed by atoms with van der Waals surface area (Å²) in [7, 11) is -0.697. The van der Waals surface area contributed by atoms with Crippen LogP contribution < -0.4 is 5.32 Å². The van der Waals surface area contributed by atoms with Gasteiger partial charge in [0.05, 0.1) is 11.4 Å². The van der Waals surface area contributed by atoms with Crippen molar-refractivity contribution in [2.24, 2.45) is 5.92 Å². The molecular weight excluding hydrogens is 383 g/mol.